The van der Waals surface area contributed by atoms with E-state index in [1.54, 1.807) is 0 Å². The molecule has 20 heavy (non-hydrogen) atoms. The van der Waals surface area contributed by atoms with Crippen LogP contribution in [-0.2, 0) is 9.53 Å². The fraction of sp³-hybridized carbons (Fsp3) is 0.938. The molecule has 0 amide bonds. The van der Waals surface area contributed by atoms with Gasteiger partial charge in [-0.3, -0.25) is 10.1 Å². The smallest absolute Gasteiger partial charge is 0.326 e. The van der Waals surface area contributed by atoms with Gasteiger partial charge in [-0.15, -0.1) is 0 Å². The summed E-state index contributed by atoms with van der Waals surface area (Å²) in [5.41, 5.74) is -0.460. The van der Waals surface area contributed by atoms with Gasteiger partial charge < -0.3 is 10.1 Å². The van der Waals surface area contributed by atoms with Gasteiger partial charge in [0.15, 0.2) is 0 Å². The van der Waals surface area contributed by atoms with Crippen LogP contribution < -0.4 is 10.6 Å². The molecule has 0 spiro atoms. The molecule has 2 fully saturated rings. The van der Waals surface area contributed by atoms with Gasteiger partial charge in [0.1, 0.15) is 5.54 Å². The summed E-state index contributed by atoms with van der Waals surface area (Å²) in [4.78, 5) is 12.7. The molecule has 4 heteroatoms. The SMILES string of the molecule is CCOC(=O)C1(NC2CCCCC2)CCNCC1CC. The van der Waals surface area contributed by atoms with Crippen LogP contribution in [0.15, 0.2) is 0 Å². The zero-order chi connectivity index (χ0) is 14.4. The molecule has 0 aromatic heterocycles. The third-order valence-corrected chi connectivity index (χ3v) is 4.98. The van der Waals surface area contributed by atoms with Crippen LogP contribution in [0, 0.1) is 5.92 Å². The number of carbonyl (C=O) groups excluding carboxylic acids is 1. The van der Waals surface area contributed by atoms with Crippen LogP contribution in [0.3, 0.4) is 0 Å². The first-order chi connectivity index (χ1) is 9.73. The maximum Gasteiger partial charge on any atom is 0.326 e. The Morgan fingerprint density at radius 3 is 2.70 bits per heavy atom. The van der Waals surface area contributed by atoms with E-state index in [-0.39, 0.29) is 5.97 Å². The topological polar surface area (TPSA) is 50.4 Å². The third-order valence-electron chi connectivity index (χ3n) is 4.98. The lowest BCUT2D eigenvalue weighted by molar-refractivity contribution is -0.156. The zero-order valence-electron chi connectivity index (χ0n) is 13.0. The molecule has 0 radical (unpaired) electrons. The van der Waals surface area contributed by atoms with Crippen molar-refractivity contribution in [2.45, 2.75) is 70.4 Å². The first kappa shape index (κ1) is 15.8. The van der Waals surface area contributed by atoms with E-state index < -0.39 is 5.54 Å². The molecule has 2 atom stereocenters. The number of esters is 1. The normalized spacial score (nSPS) is 32.0. The molecule has 2 N–H and O–H groups in total. The molecule has 1 aliphatic heterocycles. The Labute approximate surface area is 123 Å². The average Bonchev–Trinajstić information content (AvgIpc) is 2.49. The largest absolute Gasteiger partial charge is 0.465 e. The molecule has 2 aliphatic rings. The highest BCUT2D eigenvalue weighted by Crippen LogP contribution is 2.31. The average molecular weight is 282 g/mol. The highest BCUT2D eigenvalue weighted by molar-refractivity contribution is 5.81. The Morgan fingerprint density at radius 2 is 2.05 bits per heavy atom. The molecule has 116 valence electrons. The Bertz CT molecular complexity index is 316. The molecule has 1 saturated carbocycles. The summed E-state index contributed by atoms with van der Waals surface area (Å²) < 4.78 is 5.43. The molecular weight excluding hydrogens is 252 g/mol. The predicted octanol–water partition coefficient (Wildman–Crippen LogP) is 2.23. The van der Waals surface area contributed by atoms with E-state index in [4.69, 9.17) is 4.74 Å². The lowest BCUT2D eigenvalue weighted by Crippen LogP contribution is -2.66. The minimum atomic E-state index is -0.460. The summed E-state index contributed by atoms with van der Waals surface area (Å²) in [7, 11) is 0. The summed E-state index contributed by atoms with van der Waals surface area (Å²) in [6.45, 7) is 6.35. The third kappa shape index (κ3) is 3.34. The van der Waals surface area contributed by atoms with Crippen molar-refractivity contribution in [3.8, 4) is 0 Å². The Morgan fingerprint density at radius 1 is 1.30 bits per heavy atom. The van der Waals surface area contributed by atoms with Crippen LogP contribution in [0.25, 0.3) is 0 Å². The molecule has 1 heterocycles. The van der Waals surface area contributed by atoms with Gasteiger partial charge >= 0.3 is 5.97 Å². The second-order valence-corrected chi connectivity index (χ2v) is 6.23. The number of hydrogen-bond donors (Lipinski definition) is 2. The molecule has 0 aromatic rings. The predicted molar refractivity (Wildman–Crippen MR) is 80.6 cm³/mol. The number of nitrogens with one attached hydrogen (secondary N) is 2. The van der Waals surface area contributed by atoms with E-state index in [9.17, 15) is 4.79 Å². The zero-order valence-corrected chi connectivity index (χ0v) is 13.0. The van der Waals surface area contributed by atoms with Crippen molar-refractivity contribution in [3.05, 3.63) is 0 Å². The van der Waals surface area contributed by atoms with Crippen molar-refractivity contribution in [1.82, 2.24) is 10.6 Å². The lowest BCUT2D eigenvalue weighted by Gasteiger charge is -2.45. The van der Waals surface area contributed by atoms with Crippen LogP contribution in [0.2, 0.25) is 0 Å². The quantitative estimate of drug-likeness (QED) is 0.759. The molecule has 2 unspecified atom stereocenters. The number of ether oxygens (including phenoxy) is 1. The maximum atomic E-state index is 12.7. The van der Waals surface area contributed by atoms with E-state index in [1.807, 2.05) is 6.92 Å². The Balaban J connectivity index is 2.14. The molecule has 1 saturated heterocycles. The van der Waals surface area contributed by atoms with Crippen molar-refractivity contribution >= 4 is 5.97 Å². The molecular formula is C16H30N2O2. The van der Waals surface area contributed by atoms with E-state index in [2.05, 4.69) is 17.6 Å². The van der Waals surface area contributed by atoms with Crippen LogP contribution >= 0.6 is 0 Å². The lowest BCUT2D eigenvalue weighted by atomic mass is 9.75. The van der Waals surface area contributed by atoms with Gasteiger partial charge in [-0.2, -0.15) is 0 Å². The summed E-state index contributed by atoms with van der Waals surface area (Å²) in [6, 6.07) is 0.486. The molecule has 0 bridgehead atoms. The second-order valence-electron chi connectivity index (χ2n) is 6.23. The minimum absolute atomic E-state index is 0.0288. The van der Waals surface area contributed by atoms with Gasteiger partial charge in [0.25, 0.3) is 0 Å². The Hall–Kier alpha value is -0.610. The number of hydrogen-bond acceptors (Lipinski definition) is 4. The molecule has 1 aliphatic carbocycles. The maximum absolute atomic E-state index is 12.7. The van der Waals surface area contributed by atoms with E-state index in [0.29, 0.717) is 18.6 Å². The van der Waals surface area contributed by atoms with Gasteiger partial charge in [-0.05, 0) is 39.2 Å². The number of rotatable bonds is 5. The summed E-state index contributed by atoms with van der Waals surface area (Å²) >= 11 is 0. The fourth-order valence-electron chi connectivity index (χ4n) is 3.82. The fourth-order valence-corrected chi connectivity index (χ4v) is 3.82. The molecule has 4 nitrogen and oxygen atoms in total. The summed E-state index contributed by atoms with van der Waals surface area (Å²) in [6.07, 6.45) is 8.16. The van der Waals surface area contributed by atoms with E-state index >= 15 is 0 Å². The van der Waals surface area contributed by atoms with Gasteiger partial charge in [0, 0.05) is 18.5 Å². The van der Waals surface area contributed by atoms with Crippen LogP contribution in [0.4, 0.5) is 0 Å². The van der Waals surface area contributed by atoms with Gasteiger partial charge in [-0.25, -0.2) is 0 Å². The van der Waals surface area contributed by atoms with Crippen molar-refractivity contribution in [2.75, 3.05) is 19.7 Å². The van der Waals surface area contributed by atoms with E-state index in [1.165, 1.54) is 32.1 Å². The highest BCUT2D eigenvalue weighted by Gasteiger charge is 2.48. The van der Waals surface area contributed by atoms with Crippen LogP contribution in [-0.4, -0.2) is 37.2 Å². The summed E-state index contributed by atoms with van der Waals surface area (Å²) in [5, 5.41) is 7.17. The van der Waals surface area contributed by atoms with Crippen LogP contribution in [0.1, 0.15) is 58.8 Å². The Kier molecular flexibility index (Phi) is 5.85. The van der Waals surface area contributed by atoms with Crippen LogP contribution in [0.5, 0.6) is 0 Å². The van der Waals surface area contributed by atoms with Crippen molar-refractivity contribution < 1.29 is 9.53 Å². The summed E-state index contributed by atoms with van der Waals surface area (Å²) in [5.74, 6) is 0.302. The van der Waals surface area contributed by atoms with Gasteiger partial charge in [0.2, 0.25) is 0 Å². The van der Waals surface area contributed by atoms with Gasteiger partial charge in [-0.1, -0.05) is 26.2 Å². The molecule has 0 aromatic carbocycles. The highest BCUT2D eigenvalue weighted by atomic mass is 16.5. The van der Waals surface area contributed by atoms with Gasteiger partial charge in [0.05, 0.1) is 6.61 Å². The van der Waals surface area contributed by atoms with Crippen molar-refractivity contribution in [3.63, 3.8) is 0 Å². The first-order valence-corrected chi connectivity index (χ1v) is 8.38. The first-order valence-electron chi connectivity index (χ1n) is 8.38. The molecule has 2 rings (SSSR count). The second kappa shape index (κ2) is 7.41. The van der Waals surface area contributed by atoms with E-state index in [0.717, 1.165) is 25.9 Å². The minimum Gasteiger partial charge on any atom is -0.465 e. The standard InChI is InChI=1S/C16H30N2O2/c1-3-13-12-17-11-10-16(13,15(19)20-4-2)18-14-8-6-5-7-9-14/h13-14,17-18H,3-12H2,1-2H3. The monoisotopic (exact) mass is 282 g/mol. The number of piperidine rings is 1. The number of carbonyl (C=O) groups is 1. The van der Waals surface area contributed by atoms with Crippen molar-refractivity contribution in [2.24, 2.45) is 5.92 Å². The van der Waals surface area contributed by atoms with Crippen molar-refractivity contribution in [1.29, 1.82) is 0 Å².